The Balaban J connectivity index is 1.87. The molecule has 0 aliphatic carbocycles. The second kappa shape index (κ2) is 6.04. The third-order valence-electron chi connectivity index (χ3n) is 4.19. The first-order valence-electron chi connectivity index (χ1n) is 7.70. The Labute approximate surface area is 148 Å². The average Bonchev–Trinajstić information content (AvgIpc) is 3.09. The van der Waals surface area contributed by atoms with Gasteiger partial charge in [0.15, 0.2) is 5.69 Å². The fourth-order valence-corrected chi connectivity index (χ4v) is 3.32. The Bertz CT molecular complexity index is 1030. The molecule has 0 saturated heterocycles. The molecule has 1 amide bonds. The highest BCUT2D eigenvalue weighted by Crippen LogP contribution is 2.36. The maximum Gasteiger partial charge on any atom is 0.224 e. The summed E-state index contributed by atoms with van der Waals surface area (Å²) in [6.45, 7) is 0. The Hall–Kier alpha value is -3.17. The fourth-order valence-electron chi connectivity index (χ4n) is 3.08. The van der Waals surface area contributed by atoms with Crippen molar-refractivity contribution in [3.63, 3.8) is 0 Å². The van der Waals surface area contributed by atoms with Gasteiger partial charge in [-0.2, -0.15) is 5.26 Å². The van der Waals surface area contributed by atoms with E-state index >= 15 is 0 Å². The molecule has 25 heavy (non-hydrogen) atoms. The first-order chi connectivity index (χ1) is 12.2. The lowest BCUT2D eigenvalue weighted by Crippen LogP contribution is -2.19. The second-order valence-electron chi connectivity index (χ2n) is 5.76. The molecule has 0 bridgehead atoms. The molecule has 0 spiro atoms. The number of hydrogen-bond acceptors (Lipinski definition) is 4. The zero-order chi connectivity index (χ0) is 17.4. The molecule has 1 aliphatic heterocycles. The van der Waals surface area contributed by atoms with E-state index in [0.717, 1.165) is 22.4 Å². The second-order valence-corrected chi connectivity index (χ2v) is 6.19. The van der Waals surface area contributed by atoms with Gasteiger partial charge in [0.25, 0.3) is 0 Å². The molecule has 2 N–H and O–H groups in total. The number of benzene rings is 2. The number of aromatic amines is 1. The van der Waals surface area contributed by atoms with Crippen LogP contribution in [0.1, 0.15) is 17.7 Å². The Morgan fingerprint density at radius 3 is 2.84 bits per heavy atom. The molecule has 0 atom stereocenters. The van der Waals surface area contributed by atoms with Crippen molar-refractivity contribution in [1.29, 1.82) is 5.26 Å². The predicted molar refractivity (Wildman–Crippen MR) is 93.9 cm³/mol. The number of halogens is 1. The minimum absolute atomic E-state index is 0.0256. The Morgan fingerprint density at radius 1 is 1.16 bits per heavy atom. The number of nitrogens with zero attached hydrogens (tertiary/aromatic N) is 3. The summed E-state index contributed by atoms with van der Waals surface area (Å²) in [5.41, 5.74) is 5.28. The smallest absolute Gasteiger partial charge is 0.224 e. The highest BCUT2D eigenvalue weighted by atomic mass is 35.5. The van der Waals surface area contributed by atoms with Crippen molar-refractivity contribution in [2.45, 2.75) is 12.8 Å². The summed E-state index contributed by atoms with van der Waals surface area (Å²) in [6, 6.07) is 13.4. The molecule has 1 aliphatic rings. The van der Waals surface area contributed by atoms with Crippen molar-refractivity contribution >= 4 is 23.2 Å². The van der Waals surface area contributed by atoms with Gasteiger partial charge >= 0.3 is 0 Å². The van der Waals surface area contributed by atoms with Gasteiger partial charge in [0.05, 0.1) is 0 Å². The summed E-state index contributed by atoms with van der Waals surface area (Å²) in [7, 11) is 0. The van der Waals surface area contributed by atoms with Gasteiger partial charge in [0, 0.05) is 22.7 Å². The first-order valence-corrected chi connectivity index (χ1v) is 8.08. The van der Waals surface area contributed by atoms with Gasteiger partial charge in [-0.15, -0.1) is 5.10 Å². The van der Waals surface area contributed by atoms with Gasteiger partial charge in [0.1, 0.15) is 11.8 Å². The SMILES string of the molecule is N#Cc1[nH]nnc1-c1cc(Cl)cc(-c2cccc3c2CCC(=O)N3)c1. The lowest BCUT2D eigenvalue weighted by Gasteiger charge is -2.20. The van der Waals surface area contributed by atoms with Gasteiger partial charge in [0.2, 0.25) is 5.91 Å². The number of aromatic nitrogens is 3. The zero-order valence-electron chi connectivity index (χ0n) is 13.0. The van der Waals surface area contributed by atoms with E-state index in [1.807, 2.05) is 36.4 Å². The number of carbonyl (C=O) groups is 1. The van der Waals surface area contributed by atoms with Crippen LogP contribution in [-0.2, 0) is 11.2 Å². The zero-order valence-corrected chi connectivity index (χ0v) is 13.8. The molecule has 2 aromatic carbocycles. The minimum Gasteiger partial charge on any atom is -0.326 e. The van der Waals surface area contributed by atoms with E-state index < -0.39 is 0 Å². The van der Waals surface area contributed by atoms with Crippen molar-refractivity contribution in [3.05, 3.63) is 52.7 Å². The monoisotopic (exact) mass is 349 g/mol. The lowest BCUT2D eigenvalue weighted by molar-refractivity contribution is -0.116. The molecule has 1 aromatic heterocycles. The third kappa shape index (κ3) is 2.75. The van der Waals surface area contributed by atoms with E-state index in [1.165, 1.54) is 0 Å². The predicted octanol–water partition coefficient (Wildman–Crippen LogP) is 3.55. The van der Waals surface area contributed by atoms with Gasteiger partial charge in [-0.05, 0) is 47.4 Å². The summed E-state index contributed by atoms with van der Waals surface area (Å²) in [4.78, 5) is 11.6. The number of amides is 1. The van der Waals surface area contributed by atoms with Crippen molar-refractivity contribution < 1.29 is 4.79 Å². The van der Waals surface area contributed by atoms with Crippen LogP contribution in [0.15, 0.2) is 36.4 Å². The number of carbonyl (C=O) groups excluding carboxylic acids is 1. The van der Waals surface area contributed by atoms with Crippen LogP contribution in [0.25, 0.3) is 22.4 Å². The van der Waals surface area contributed by atoms with E-state index in [0.29, 0.717) is 29.1 Å². The number of anilines is 1. The van der Waals surface area contributed by atoms with Crippen LogP contribution in [0.3, 0.4) is 0 Å². The number of hydrogen-bond donors (Lipinski definition) is 2. The van der Waals surface area contributed by atoms with Gasteiger partial charge < -0.3 is 5.32 Å². The molecule has 3 aromatic rings. The third-order valence-corrected chi connectivity index (χ3v) is 4.41. The van der Waals surface area contributed by atoms with E-state index in [4.69, 9.17) is 11.6 Å². The van der Waals surface area contributed by atoms with E-state index in [1.54, 1.807) is 6.07 Å². The largest absolute Gasteiger partial charge is 0.326 e. The molecule has 0 radical (unpaired) electrons. The summed E-state index contributed by atoms with van der Waals surface area (Å²) in [6.07, 6.45) is 1.13. The topological polar surface area (TPSA) is 94.5 Å². The maximum atomic E-state index is 11.6. The van der Waals surface area contributed by atoms with E-state index in [-0.39, 0.29) is 11.6 Å². The average molecular weight is 350 g/mol. The van der Waals surface area contributed by atoms with E-state index in [9.17, 15) is 10.1 Å². The standard InChI is InChI=1S/C18H12ClN5O/c19-12-7-10(6-11(8-12)18-16(9-20)22-24-23-18)13-2-1-3-15-14(13)4-5-17(25)21-15/h1-3,6-8H,4-5H2,(H,21,25)(H,22,23,24). The molecule has 0 saturated carbocycles. The number of rotatable bonds is 2. The first kappa shape index (κ1) is 15.4. The lowest BCUT2D eigenvalue weighted by atomic mass is 9.91. The molecule has 7 heteroatoms. The number of fused-ring (bicyclic) bond motifs is 1. The molecule has 4 rings (SSSR count). The summed E-state index contributed by atoms with van der Waals surface area (Å²) in [5.74, 6) is 0.0256. The highest BCUT2D eigenvalue weighted by Gasteiger charge is 2.19. The molecular weight excluding hydrogens is 338 g/mol. The van der Waals surface area contributed by atoms with Crippen LogP contribution in [0.4, 0.5) is 5.69 Å². The molecule has 6 nitrogen and oxygen atoms in total. The van der Waals surface area contributed by atoms with Crippen LogP contribution < -0.4 is 5.32 Å². The quantitative estimate of drug-likeness (QED) is 0.739. The maximum absolute atomic E-state index is 11.6. The van der Waals surface area contributed by atoms with Crippen LogP contribution >= 0.6 is 11.6 Å². The van der Waals surface area contributed by atoms with Crippen LogP contribution in [-0.4, -0.2) is 21.3 Å². The Kier molecular flexibility index (Phi) is 3.71. The highest BCUT2D eigenvalue weighted by molar-refractivity contribution is 6.31. The minimum atomic E-state index is 0.0256. The summed E-state index contributed by atoms with van der Waals surface area (Å²) >= 11 is 6.31. The van der Waals surface area contributed by atoms with Crippen LogP contribution in [0.5, 0.6) is 0 Å². The number of nitrogens with one attached hydrogen (secondary N) is 2. The molecule has 2 heterocycles. The molecule has 0 fully saturated rings. The van der Waals surface area contributed by atoms with E-state index in [2.05, 4.69) is 20.7 Å². The Morgan fingerprint density at radius 2 is 2.00 bits per heavy atom. The molecule has 122 valence electrons. The van der Waals surface area contributed by atoms with Gasteiger partial charge in [-0.3, -0.25) is 4.79 Å². The number of nitriles is 1. The van der Waals surface area contributed by atoms with Crippen molar-refractivity contribution in [1.82, 2.24) is 15.4 Å². The van der Waals surface area contributed by atoms with Crippen molar-refractivity contribution in [2.75, 3.05) is 5.32 Å². The van der Waals surface area contributed by atoms with Crippen LogP contribution in [0, 0.1) is 11.3 Å². The van der Waals surface area contributed by atoms with Crippen molar-refractivity contribution in [2.24, 2.45) is 0 Å². The van der Waals surface area contributed by atoms with Gasteiger partial charge in [-0.25, -0.2) is 5.10 Å². The van der Waals surface area contributed by atoms with Gasteiger partial charge in [-0.1, -0.05) is 28.9 Å². The van der Waals surface area contributed by atoms with Crippen molar-refractivity contribution in [3.8, 4) is 28.5 Å². The normalized spacial score (nSPS) is 13.0. The number of H-pyrrole nitrogens is 1. The summed E-state index contributed by atoms with van der Waals surface area (Å²) < 4.78 is 0. The fraction of sp³-hybridized carbons (Fsp3) is 0.111. The van der Waals surface area contributed by atoms with Crippen LogP contribution in [0.2, 0.25) is 5.02 Å². The molecular formula is C18H12ClN5O. The summed E-state index contributed by atoms with van der Waals surface area (Å²) in [5, 5.41) is 22.9. The molecule has 0 unspecified atom stereocenters.